The van der Waals surface area contributed by atoms with Crippen molar-refractivity contribution >= 4 is 17.2 Å². The van der Waals surface area contributed by atoms with Crippen LogP contribution in [0.5, 0.6) is 0 Å². The summed E-state index contributed by atoms with van der Waals surface area (Å²) in [5.74, 6) is 0.673. The van der Waals surface area contributed by atoms with Crippen LogP contribution in [0, 0.1) is 6.92 Å². The van der Waals surface area contributed by atoms with Gasteiger partial charge in [-0.1, -0.05) is 32.9 Å². The standard InChI is InChI=1S/C18H27N3O2S/c1-6-21(7-2)15(14-8-9-24-11-14)10-19-18(22)16-13(5)20-23-17(16)12(3)4/h8-9,11-12,15H,6-7,10H2,1-5H3,(H,19,22). The Bertz CT molecular complexity index is 645. The zero-order valence-corrected chi connectivity index (χ0v) is 15.9. The van der Waals surface area contributed by atoms with E-state index >= 15 is 0 Å². The van der Waals surface area contributed by atoms with Gasteiger partial charge in [-0.3, -0.25) is 9.69 Å². The van der Waals surface area contributed by atoms with Crippen molar-refractivity contribution in [1.82, 2.24) is 15.4 Å². The van der Waals surface area contributed by atoms with Crippen molar-refractivity contribution in [3.05, 3.63) is 39.4 Å². The van der Waals surface area contributed by atoms with Gasteiger partial charge in [0.15, 0.2) is 5.76 Å². The minimum atomic E-state index is -0.107. The van der Waals surface area contributed by atoms with Crippen LogP contribution < -0.4 is 5.32 Å². The van der Waals surface area contributed by atoms with Gasteiger partial charge in [-0.2, -0.15) is 11.3 Å². The van der Waals surface area contributed by atoms with Crippen LogP contribution in [0.3, 0.4) is 0 Å². The number of aromatic nitrogens is 1. The number of rotatable bonds is 8. The van der Waals surface area contributed by atoms with E-state index in [4.69, 9.17) is 4.52 Å². The largest absolute Gasteiger partial charge is 0.360 e. The normalized spacial score (nSPS) is 12.8. The first-order chi connectivity index (χ1) is 11.5. The van der Waals surface area contributed by atoms with E-state index in [9.17, 15) is 4.79 Å². The highest BCUT2D eigenvalue weighted by Crippen LogP contribution is 2.24. The number of hydrogen-bond acceptors (Lipinski definition) is 5. The zero-order chi connectivity index (χ0) is 17.7. The molecule has 1 N–H and O–H groups in total. The van der Waals surface area contributed by atoms with Crippen molar-refractivity contribution in [2.45, 2.75) is 46.6 Å². The van der Waals surface area contributed by atoms with Crippen LogP contribution in [-0.2, 0) is 0 Å². The highest BCUT2D eigenvalue weighted by molar-refractivity contribution is 7.07. The van der Waals surface area contributed by atoms with Crippen LogP contribution in [0.25, 0.3) is 0 Å². The number of aryl methyl sites for hydroxylation is 1. The van der Waals surface area contributed by atoms with Gasteiger partial charge >= 0.3 is 0 Å². The smallest absolute Gasteiger partial charge is 0.256 e. The fraction of sp³-hybridized carbons (Fsp3) is 0.556. The van der Waals surface area contributed by atoms with Gasteiger partial charge in [-0.05, 0) is 42.4 Å². The molecule has 6 heteroatoms. The highest BCUT2D eigenvalue weighted by Gasteiger charge is 2.24. The van der Waals surface area contributed by atoms with E-state index in [1.54, 1.807) is 11.3 Å². The quantitative estimate of drug-likeness (QED) is 0.783. The van der Waals surface area contributed by atoms with E-state index in [1.807, 2.05) is 20.8 Å². The molecule has 132 valence electrons. The van der Waals surface area contributed by atoms with Gasteiger partial charge in [0.1, 0.15) is 5.56 Å². The summed E-state index contributed by atoms with van der Waals surface area (Å²) in [5, 5.41) is 11.3. The molecule has 0 bridgehead atoms. The third-order valence-corrected chi connectivity index (χ3v) is 4.98. The average Bonchev–Trinajstić information content (AvgIpc) is 3.20. The molecule has 1 unspecified atom stereocenters. The molecule has 5 nitrogen and oxygen atoms in total. The molecule has 1 amide bonds. The van der Waals surface area contributed by atoms with Crippen LogP contribution >= 0.6 is 11.3 Å². The van der Waals surface area contributed by atoms with Crippen LogP contribution in [-0.4, -0.2) is 35.6 Å². The van der Waals surface area contributed by atoms with E-state index in [1.165, 1.54) is 5.56 Å². The predicted molar refractivity (Wildman–Crippen MR) is 97.6 cm³/mol. The number of likely N-dealkylation sites (N-methyl/N-ethyl adjacent to an activating group) is 1. The third-order valence-electron chi connectivity index (χ3n) is 4.28. The maximum absolute atomic E-state index is 12.7. The number of carbonyl (C=O) groups is 1. The Morgan fingerprint density at radius 2 is 2.08 bits per heavy atom. The Morgan fingerprint density at radius 1 is 1.38 bits per heavy atom. The van der Waals surface area contributed by atoms with Gasteiger partial charge in [0.05, 0.1) is 11.7 Å². The van der Waals surface area contributed by atoms with E-state index in [-0.39, 0.29) is 17.9 Å². The summed E-state index contributed by atoms with van der Waals surface area (Å²) in [6, 6.07) is 2.31. The lowest BCUT2D eigenvalue weighted by atomic mass is 10.0. The molecule has 0 fully saturated rings. The second-order valence-electron chi connectivity index (χ2n) is 6.17. The molecule has 1 atom stereocenters. The second kappa shape index (κ2) is 8.44. The first-order valence-corrected chi connectivity index (χ1v) is 9.44. The molecule has 0 aliphatic heterocycles. The van der Waals surface area contributed by atoms with Crippen LogP contribution in [0.1, 0.15) is 67.0 Å². The van der Waals surface area contributed by atoms with Crippen molar-refractivity contribution in [3.8, 4) is 0 Å². The lowest BCUT2D eigenvalue weighted by molar-refractivity contribution is 0.0932. The molecule has 0 aliphatic carbocycles. The number of nitrogens with zero attached hydrogens (tertiary/aromatic N) is 2. The van der Waals surface area contributed by atoms with Gasteiger partial charge in [0.2, 0.25) is 0 Å². The molecule has 2 rings (SSSR count). The van der Waals surface area contributed by atoms with Crippen molar-refractivity contribution in [2.24, 2.45) is 0 Å². The van der Waals surface area contributed by atoms with Gasteiger partial charge in [-0.15, -0.1) is 0 Å². The monoisotopic (exact) mass is 349 g/mol. The second-order valence-corrected chi connectivity index (χ2v) is 6.95. The van der Waals surface area contributed by atoms with Crippen molar-refractivity contribution < 1.29 is 9.32 Å². The summed E-state index contributed by atoms with van der Waals surface area (Å²) in [4.78, 5) is 15.1. The SMILES string of the molecule is CCN(CC)C(CNC(=O)c1c(C)noc1C(C)C)c1ccsc1. The van der Waals surface area contributed by atoms with E-state index in [2.05, 4.69) is 46.0 Å². The summed E-state index contributed by atoms with van der Waals surface area (Å²) in [6.07, 6.45) is 0. The minimum Gasteiger partial charge on any atom is -0.360 e. The number of nitrogens with one attached hydrogen (secondary N) is 1. The van der Waals surface area contributed by atoms with Crippen LogP contribution in [0.4, 0.5) is 0 Å². The number of thiophene rings is 1. The molecular formula is C18H27N3O2S. The lowest BCUT2D eigenvalue weighted by Gasteiger charge is -2.29. The van der Waals surface area contributed by atoms with Crippen molar-refractivity contribution in [3.63, 3.8) is 0 Å². The molecule has 0 radical (unpaired) electrons. The lowest BCUT2D eigenvalue weighted by Crippen LogP contribution is -2.38. The molecule has 24 heavy (non-hydrogen) atoms. The maximum atomic E-state index is 12.7. The fourth-order valence-electron chi connectivity index (χ4n) is 2.92. The topological polar surface area (TPSA) is 58.4 Å². The van der Waals surface area contributed by atoms with Gasteiger partial charge in [0, 0.05) is 12.5 Å². The Hall–Kier alpha value is -1.66. The molecule has 0 aliphatic rings. The van der Waals surface area contributed by atoms with Crippen molar-refractivity contribution in [1.29, 1.82) is 0 Å². The minimum absolute atomic E-state index is 0.107. The van der Waals surface area contributed by atoms with E-state index < -0.39 is 0 Å². The molecule has 0 saturated carbocycles. The Labute approximate surface area is 148 Å². The predicted octanol–water partition coefficient (Wildman–Crippen LogP) is 3.98. The van der Waals surface area contributed by atoms with Crippen LogP contribution in [0.15, 0.2) is 21.3 Å². The number of amides is 1. The Balaban J connectivity index is 2.15. The van der Waals surface area contributed by atoms with Gasteiger partial charge < -0.3 is 9.84 Å². The first-order valence-electron chi connectivity index (χ1n) is 8.50. The van der Waals surface area contributed by atoms with E-state index in [0.717, 1.165) is 13.1 Å². The summed E-state index contributed by atoms with van der Waals surface area (Å²) in [6.45, 7) is 12.6. The first kappa shape index (κ1) is 18.7. The summed E-state index contributed by atoms with van der Waals surface area (Å²) in [5.41, 5.74) is 2.47. The summed E-state index contributed by atoms with van der Waals surface area (Å²) >= 11 is 1.68. The highest BCUT2D eigenvalue weighted by atomic mass is 32.1. The Kier molecular flexibility index (Phi) is 6.57. The maximum Gasteiger partial charge on any atom is 0.256 e. The van der Waals surface area contributed by atoms with E-state index in [0.29, 0.717) is 23.6 Å². The Morgan fingerprint density at radius 3 is 2.62 bits per heavy atom. The molecule has 0 saturated heterocycles. The molecule has 0 aromatic carbocycles. The van der Waals surface area contributed by atoms with Gasteiger partial charge in [-0.25, -0.2) is 0 Å². The van der Waals surface area contributed by atoms with Gasteiger partial charge in [0.25, 0.3) is 5.91 Å². The van der Waals surface area contributed by atoms with Crippen LogP contribution in [0.2, 0.25) is 0 Å². The third kappa shape index (κ3) is 4.05. The molecule has 0 spiro atoms. The fourth-order valence-corrected chi connectivity index (χ4v) is 3.63. The molecule has 2 aromatic heterocycles. The molecule has 2 heterocycles. The number of carbonyl (C=O) groups excluding carboxylic acids is 1. The van der Waals surface area contributed by atoms with Crippen molar-refractivity contribution in [2.75, 3.05) is 19.6 Å². The summed E-state index contributed by atoms with van der Waals surface area (Å²) < 4.78 is 5.33. The summed E-state index contributed by atoms with van der Waals surface area (Å²) in [7, 11) is 0. The molecular weight excluding hydrogens is 322 g/mol. The number of hydrogen-bond donors (Lipinski definition) is 1. The molecule has 2 aromatic rings. The average molecular weight is 350 g/mol. The zero-order valence-electron chi connectivity index (χ0n) is 15.1.